The van der Waals surface area contributed by atoms with Gasteiger partial charge in [0.15, 0.2) is 0 Å². The van der Waals surface area contributed by atoms with Gasteiger partial charge in [-0.25, -0.2) is 9.78 Å². The number of aromatic nitrogens is 2. The zero-order valence-corrected chi connectivity index (χ0v) is 11.4. The van der Waals surface area contributed by atoms with Crippen molar-refractivity contribution >= 4 is 45.4 Å². The molecule has 1 aromatic carbocycles. The molecule has 0 aliphatic heterocycles. The number of hydrogen-bond acceptors (Lipinski definition) is 2. The molecular formula is C18H10N2O2. The highest BCUT2D eigenvalue weighted by Crippen LogP contribution is 2.29. The number of aliphatic carboxylic acids is 1. The summed E-state index contributed by atoms with van der Waals surface area (Å²) < 4.78 is 2.05. The average Bonchev–Trinajstić information content (AvgIpc) is 3.15. The van der Waals surface area contributed by atoms with Crippen molar-refractivity contribution in [1.29, 1.82) is 0 Å². The van der Waals surface area contributed by atoms with Crippen LogP contribution in [0.1, 0.15) is 5.56 Å². The maximum Gasteiger partial charge on any atom is 0.335 e. The summed E-state index contributed by atoms with van der Waals surface area (Å²) in [5.41, 5.74) is 4.19. The first-order valence-electron chi connectivity index (χ1n) is 7.01. The van der Waals surface area contributed by atoms with Gasteiger partial charge in [0.2, 0.25) is 0 Å². The molecular weight excluding hydrogens is 276 g/mol. The van der Waals surface area contributed by atoms with Gasteiger partial charge in [-0.1, -0.05) is 18.2 Å². The summed E-state index contributed by atoms with van der Waals surface area (Å²) in [6, 6.07) is 10.0. The fourth-order valence-electron chi connectivity index (χ4n) is 3.32. The Labute approximate surface area is 124 Å². The van der Waals surface area contributed by atoms with Crippen molar-refractivity contribution in [1.82, 2.24) is 9.38 Å². The predicted molar refractivity (Wildman–Crippen MR) is 85.5 cm³/mol. The second-order valence-electron chi connectivity index (χ2n) is 5.51. The monoisotopic (exact) mass is 286 g/mol. The maximum absolute atomic E-state index is 11.2. The van der Waals surface area contributed by atoms with Crippen LogP contribution in [0, 0.1) is 0 Å². The van der Waals surface area contributed by atoms with Crippen LogP contribution in [-0.2, 0) is 4.79 Å². The summed E-state index contributed by atoms with van der Waals surface area (Å²) in [4.78, 5) is 15.9. The minimum absolute atomic E-state index is 0.327. The SMILES string of the molecule is O=C(O)C1=Cc2cn3ccc4nc5ccccc5c4c3c2=C1. The number of pyridine rings is 1. The lowest BCUT2D eigenvalue weighted by atomic mass is 10.1. The molecule has 0 spiro atoms. The van der Waals surface area contributed by atoms with E-state index in [1.807, 2.05) is 41.1 Å². The lowest BCUT2D eigenvalue weighted by Gasteiger charge is -1.98. The highest BCUT2D eigenvalue weighted by Gasteiger charge is 2.17. The van der Waals surface area contributed by atoms with Gasteiger partial charge in [-0.15, -0.1) is 0 Å². The maximum atomic E-state index is 11.2. The van der Waals surface area contributed by atoms with Gasteiger partial charge in [-0.3, -0.25) is 0 Å². The molecule has 0 atom stereocenters. The van der Waals surface area contributed by atoms with Crippen molar-refractivity contribution < 1.29 is 9.90 Å². The second kappa shape index (κ2) is 3.74. The van der Waals surface area contributed by atoms with Crippen molar-refractivity contribution in [2.45, 2.75) is 0 Å². The van der Waals surface area contributed by atoms with Gasteiger partial charge < -0.3 is 9.51 Å². The van der Waals surface area contributed by atoms with Crippen molar-refractivity contribution in [3.8, 4) is 0 Å². The van der Waals surface area contributed by atoms with Gasteiger partial charge in [-0.05, 0) is 24.3 Å². The standard InChI is InChI=1S/C18H10N2O2/c21-18(22)10-7-11-9-20-6-5-15-16(17(20)13(11)8-10)12-3-1-2-4-14(12)19-15/h1-9H,(H,21,22). The number of rotatable bonds is 1. The molecule has 4 nitrogen and oxygen atoms in total. The number of benzene rings is 1. The van der Waals surface area contributed by atoms with E-state index in [2.05, 4.69) is 11.1 Å². The summed E-state index contributed by atoms with van der Waals surface area (Å²) in [5.74, 6) is -0.896. The molecule has 0 fully saturated rings. The van der Waals surface area contributed by atoms with E-state index >= 15 is 0 Å². The Morgan fingerprint density at radius 1 is 1.09 bits per heavy atom. The lowest BCUT2D eigenvalue weighted by molar-refractivity contribution is -0.132. The van der Waals surface area contributed by atoms with Crippen molar-refractivity contribution in [2.75, 3.05) is 0 Å². The largest absolute Gasteiger partial charge is 0.478 e. The van der Waals surface area contributed by atoms with E-state index in [0.717, 1.165) is 38.1 Å². The summed E-state index contributed by atoms with van der Waals surface area (Å²) in [6.45, 7) is 0. The molecule has 5 rings (SSSR count). The molecule has 0 bridgehead atoms. The third-order valence-electron chi connectivity index (χ3n) is 4.26. The first-order valence-corrected chi connectivity index (χ1v) is 7.01. The highest BCUT2D eigenvalue weighted by molar-refractivity contribution is 6.16. The van der Waals surface area contributed by atoms with E-state index < -0.39 is 5.97 Å². The first kappa shape index (κ1) is 11.5. The van der Waals surface area contributed by atoms with Gasteiger partial charge in [0, 0.05) is 33.9 Å². The Bertz CT molecular complexity index is 1200. The number of carboxylic acid groups (broad SMARTS) is 1. The molecule has 0 saturated heterocycles. The molecule has 0 saturated carbocycles. The van der Waals surface area contributed by atoms with Crippen LogP contribution in [0.4, 0.5) is 0 Å². The number of carbonyl (C=O) groups is 1. The Balaban J connectivity index is 2.02. The van der Waals surface area contributed by atoms with Crippen LogP contribution in [0.2, 0.25) is 0 Å². The molecule has 0 amide bonds. The second-order valence-corrected chi connectivity index (χ2v) is 5.51. The Kier molecular flexibility index (Phi) is 1.96. The van der Waals surface area contributed by atoms with Crippen LogP contribution in [-0.4, -0.2) is 20.5 Å². The molecule has 104 valence electrons. The predicted octanol–water partition coefficient (Wildman–Crippen LogP) is 2.62. The van der Waals surface area contributed by atoms with E-state index in [-0.39, 0.29) is 0 Å². The van der Waals surface area contributed by atoms with E-state index in [9.17, 15) is 9.90 Å². The number of hydrogen-bond donors (Lipinski definition) is 1. The van der Waals surface area contributed by atoms with Gasteiger partial charge >= 0.3 is 5.97 Å². The molecule has 1 aliphatic carbocycles. The third-order valence-corrected chi connectivity index (χ3v) is 4.26. The van der Waals surface area contributed by atoms with E-state index in [1.165, 1.54) is 0 Å². The quantitative estimate of drug-likeness (QED) is 0.585. The summed E-state index contributed by atoms with van der Waals surface area (Å²) in [6.07, 6.45) is 7.41. The van der Waals surface area contributed by atoms with Crippen LogP contribution in [0.5, 0.6) is 0 Å². The molecule has 0 radical (unpaired) electrons. The molecule has 22 heavy (non-hydrogen) atoms. The van der Waals surface area contributed by atoms with Crippen LogP contribution in [0.3, 0.4) is 0 Å². The van der Waals surface area contributed by atoms with Crippen LogP contribution in [0.25, 0.3) is 39.5 Å². The number of para-hydroxylation sites is 1. The van der Waals surface area contributed by atoms with Crippen molar-refractivity contribution in [2.24, 2.45) is 0 Å². The minimum atomic E-state index is -0.896. The summed E-state index contributed by atoms with van der Waals surface area (Å²) >= 11 is 0. The van der Waals surface area contributed by atoms with Crippen LogP contribution >= 0.6 is 0 Å². The van der Waals surface area contributed by atoms with Crippen molar-refractivity contribution in [3.05, 3.63) is 59.1 Å². The zero-order valence-electron chi connectivity index (χ0n) is 11.4. The Morgan fingerprint density at radius 3 is 2.82 bits per heavy atom. The normalized spacial score (nSPS) is 13.5. The topological polar surface area (TPSA) is 54.6 Å². The molecule has 3 heterocycles. The lowest BCUT2D eigenvalue weighted by Crippen LogP contribution is -2.01. The molecule has 1 N–H and O–H groups in total. The highest BCUT2D eigenvalue weighted by atomic mass is 16.4. The average molecular weight is 286 g/mol. The third kappa shape index (κ3) is 1.31. The molecule has 1 aliphatic rings. The molecule has 0 unspecified atom stereocenters. The number of carboxylic acids is 1. The van der Waals surface area contributed by atoms with Gasteiger partial charge in [0.1, 0.15) is 0 Å². The molecule has 3 aromatic heterocycles. The van der Waals surface area contributed by atoms with Gasteiger partial charge in [0.05, 0.1) is 22.1 Å². The number of fused-ring (bicyclic) bond motifs is 7. The minimum Gasteiger partial charge on any atom is -0.478 e. The summed E-state index contributed by atoms with van der Waals surface area (Å²) in [5, 5.41) is 12.3. The first-order chi connectivity index (χ1) is 10.7. The van der Waals surface area contributed by atoms with Crippen molar-refractivity contribution in [3.63, 3.8) is 0 Å². The smallest absolute Gasteiger partial charge is 0.335 e. The Morgan fingerprint density at radius 2 is 1.95 bits per heavy atom. The van der Waals surface area contributed by atoms with Crippen LogP contribution in [0.15, 0.2) is 48.3 Å². The Hall–Kier alpha value is -3.14. The zero-order chi connectivity index (χ0) is 14.8. The molecule has 4 aromatic rings. The van der Waals surface area contributed by atoms with E-state index in [0.29, 0.717) is 5.57 Å². The van der Waals surface area contributed by atoms with E-state index in [1.54, 1.807) is 12.2 Å². The fourth-order valence-corrected chi connectivity index (χ4v) is 3.32. The van der Waals surface area contributed by atoms with Crippen LogP contribution < -0.4 is 5.22 Å². The van der Waals surface area contributed by atoms with E-state index in [4.69, 9.17) is 0 Å². The van der Waals surface area contributed by atoms with Gasteiger partial charge in [0.25, 0.3) is 0 Å². The van der Waals surface area contributed by atoms with Gasteiger partial charge in [-0.2, -0.15) is 0 Å². The summed E-state index contributed by atoms with van der Waals surface area (Å²) in [7, 11) is 0. The fraction of sp³-hybridized carbons (Fsp3) is 0. The molecule has 4 heteroatoms. The number of nitrogens with zero attached hydrogens (tertiary/aromatic N) is 2.